The van der Waals surface area contributed by atoms with Gasteiger partial charge < -0.3 is 9.84 Å². The Bertz CT molecular complexity index is 804. The molecular formula is C14H14N2O5S2. The fourth-order valence-electron chi connectivity index (χ4n) is 2.23. The number of morpholine rings is 1. The predicted octanol–water partition coefficient (Wildman–Crippen LogP) is 1.28. The molecule has 9 heteroatoms. The van der Waals surface area contributed by atoms with Crippen molar-refractivity contribution in [2.24, 2.45) is 0 Å². The van der Waals surface area contributed by atoms with Crippen molar-refractivity contribution in [2.45, 2.75) is 10.3 Å². The Morgan fingerprint density at radius 1 is 1.35 bits per heavy atom. The highest BCUT2D eigenvalue weighted by Crippen LogP contribution is 2.31. The molecule has 1 fully saturated rings. The number of nitrogens with zero attached hydrogens (tertiary/aromatic N) is 2. The number of thiophene rings is 1. The van der Waals surface area contributed by atoms with Gasteiger partial charge in [-0.25, -0.2) is 13.2 Å². The van der Waals surface area contributed by atoms with Crippen LogP contribution in [0.4, 0.5) is 0 Å². The van der Waals surface area contributed by atoms with Crippen molar-refractivity contribution in [2.75, 3.05) is 19.7 Å². The standard InChI is InChI=1S/C14H14N2O5S2/c17-14(18)11-9-16(7-8-21-11)23(19,20)13-5-4-12(22-13)10-3-1-2-6-15-10/h1-6,11H,7-9H2,(H,17,18)/t11-/m0/s1. The molecule has 1 saturated heterocycles. The number of carboxylic acids is 1. The van der Waals surface area contributed by atoms with E-state index in [1.54, 1.807) is 24.4 Å². The van der Waals surface area contributed by atoms with E-state index in [0.717, 1.165) is 20.5 Å². The normalized spacial score (nSPS) is 19.6. The first kappa shape index (κ1) is 16.1. The maximum absolute atomic E-state index is 12.7. The molecule has 1 aliphatic rings. The maximum atomic E-state index is 12.7. The highest BCUT2D eigenvalue weighted by atomic mass is 32.2. The lowest BCUT2D eigenvalue weighted by Crippen LogP contribution is -2.48. The summed E-state index contributed by atoms with van der Waals surface area (Å²) in [6.07, 6.45) is 0.511. The molecule has 1 N–H and O–H groups in total. The number of ether oxygens (including phenoxy) is 1. The monoisotopic (exact) mass is 354 g/mol. The molecule has 3 rings (SSSR count). The van der Waals surface area contributed by atoms with Crippen LogP contribution in [0.5, 0.6) is 0 Å². The largest absolute Gasteiger partial charge is 0.479 e. The quantitative estimate of drug-likeness (QED) is 0.888. The van der Waals surface area contributed by atoms with E-state index in [-0.39, 0.29) is 23.9 Å². The van der Waals surface area contributed by atoms with E-state index in [0.29, 0.717) is 5.69 Å². The van der Waals surface area contributed by atoms with Gasteiger partial charge in [-0.2, -0.15) is 4.31 Å². The first-order valence-corrected chi connectivity index (χ1v) is 9.10. The minimum absolute atomic E-state index is 0.0642. The summed E-state index contributed by atoms with van der Waals surface area (Å²) in [7, 11) is -3.73. The second kappa shape index (κ2) is 6.36. The predicted molar refractivity (Wildman–Crippen MR) is 83.7 cm³/mol. The summed E-state index contributed by atoms with van der Waals surface area (Å²) >= 11 is 1.12. The van der Waals surface area contributed by atoms with E-state index in [1.165, 1.54) is 6.07 Å². The number of carbonyl (C=O) groups is 1. The van der Waals surface area contributed by atoms with Gasteiger partial charge in [-0.15, -0.1) is 11.3 Å². The molecular weight excluding hydrogens is 340 g/mol. The summed E-state index contributed by atoms with van der Waals surface area (Å²) in [5, 5.41) is 8.99. The van der Waals surface area contributed by atoms with Crippen LogP contribution in [0.3, 0.4) is 0 Å². The average molecular weight is 354 g/mol. The molecule has 0 aliphatic carbocycles. The van der Waals surface area contributed by atoms with E-state index in [9.17, 15) is 13.2 Å². The molecule has 7 nitrogen and oxygen atoms in total. The lowest BCUT2D eigenvalue weighted by molar-refractivity contribution is -0.153. The summed E-state index contributed by atoms with van der Waals surface area (Å²) in [6, 6.07) is 8.64. The number of carboxylic acid groups (broad SMARTS) is 1. The molecule has 0 radical (unpaired) electrons. The zero-order valence-corrected chi connectivity index (χ0v) is 13.6. The first-order valence-electron chi connectivity index (χ1n) is 6.84. The molecule has 0 aromatic carbocycles. The van der Waals surface area contributed by atoms with Gasteiger partial charge in [0.05, 0.1) is 23.7 Å². The van der Waals surface area contributed by atoms with Gasteiger partial charge in [0, 0.05) is 12.7 Å². The fourth-order valence-corrected chi connectivity index (χ4v) is 5.09. The minimum Gasteiger partial charge on any atom is -0.479 e. The third-order valence-electron chi connectivity index (χ3n) is 3.40. The van der Waals surface area contributed by atoms with Crippen LogP contribution in [-0.2, 0) is 19.6 Å². The minimum atomic E-state index is -3.73. The average Bonchev–Trinajstić information content (AvgIpc) is 3.06. The third kappa shape index (κ3) is 3.27. The van der Waals surface area contributed by atoms with Crippen molar-refractivity contribution >= 4 is 27.3 Å². The lowest BCUT2D eigenvalue weighted by atomic mass is 10.3. The molecule has 0 unspecified atom stereocenters. The van der Waals surface area contributed by atoms with Crippen LogP contribution in [0.15, 0.2) is 40.7 Å². The topological polar surface area (TPSA) is 96.8 Å². The van der Waals surface area contributed by atoms with Crippen molar-refractivity contribution < 1.29 is 23.1 Å². The summed E-state index contributed by atoms with van der Waals surface area (Å²) in [4.78, 5) is 15.9. The highest BCUT2D eigenvalue weighted by molar-refractivity contribution is 7.91. The van der Waals surface area contributed by atoms with Gasteiger partial charge in [0.1, 0.15) is 4.21 Å². The van der Waals surface area contributed by atoms with E-state index in [2.05, 4.69) is 4.98 Å². The van der Waals surface area contributed by atoms with Crippen LogP contribution < -0.4 is 0 Å². The van der Waals surface area contributed by atoms with Crippen molar-refractivity contribution in [3.63, 3.8) is 0 Å². The van der Waals surface area contributed by atoms with Crippen molar-refractivity contribution in [3.05, 3.63) is 36.5 Å². The van der Waals surface area contributed by atoms with Crippen LogP contribution in [0.25, 0.3) is 10.6 Å². The van der Waals surface area contributed by atoms with E-state index in [4.69, 9.17) is 9.84 Å². The molecule has 0 spiro atoms. The Kier molecular flexibility index (Phi) is 4.44. The van der Waals surface area contributed by atoms with Gasteiger partial charge in [-0.3, -0.25) is 4.98 Å². The van der Waals surface area contributed by atoms with Crippen LogP contribution >= 0.6 is 11.3 Å². The van der Waals surface area contributed by atoms with E-state index < -0.39 is 22.1 Å². The summed E-state index contributed by atoms with van der Waals surface area (Å²) in [5.41, 5.74) is 0.698. The molecule has 122 valence electrons. The molecule has 0 saturated carbocycles. The first-order chi connectivity index (χ1) is 11.0. The van der Waals surface area contributed by atoms with Crippen LogP contribution in [0.2, 0.25) is 0 Å². The number of hydrogen-bond acceptors (Lipinski definition) is 6. The zero-order valence-electron chi connectivity index (χ0n) is 12.0. The Balaban J connectivity index is 1.86. The summed E-state index contributed by atoms with van der Waals surface area (Å²) in [5.74, 6) is -1.16. The number of aromatic nitrogens is 1. The van der Waals surface area contributed by atoms with E-state index >= 15 is 0 Å². The van der Waals surface area contributed by atoms with Crippen molar-refractivity contribution in [1.29, 1.82) is 0 Å². The van der Waals surface area contributed by atoms with Gasteiger partial charge in [0.15, 0.2) is 6.10 Å². The Morgan fingerprint density at radius 2 is 2.17 bits per heavy atom. The SMILES string of the molecule is O=C(O)[C@@H]1CN(S(=O)(=O)c2ccc(-c3ccccn3)s2)CCO1. The molecule has 0 amide bonds. The van der Waals surface area contributed by atoms with Gasteiger partial charge in [-0.1, -0.05) is 6.07 Å². The molecule has 2 aromatic heterocycles. The third-order valence-corrected chi connectivity index (χ3v) is 6.84. The van der Waals surface area contributed by atoms with Gasteiger partial charge in [0.2, 0.25) is 0 Å². The van der Waals surface area contributed by atoms with Crippen molar-refractivity contribution in [1.82, 2.24) is 9.29 Å². The maximum Gasteiger partial charge on any atom is 0.334 e. The molecule has 1 atom stereocenters. The number of sulfonamides is 1. The second-order valence-electron chi connectivity index (χ2n) is 4.89. The molecule has 2 aromatic rings. The lowest BCUT2D eigenvalue weighted by Gasteiger charge is -2.29. The molecule has 3 heterocycles. The second-order valence-corrected chi connectivity index (χ2v) is 8.14. The highest BCUT2D eigenvalue weighted by Gasteiger charge is 2.34. The molecule has 0 bridgehead atoms. The fraction of sp³-hybridized carbons (Fsp3) is 0.286. The van der Waals surface area contributed by atoms with Crippen molar-refractivity contribution in [3.8, 4) is 10.6 Å². The summed E-state index contributed by atoms with van der Waals surface area (Å²) in [6.45, 7) is 0.0199. The number of pyridine rings is 1. The van der Waals surface area contributed by atoms with E-state index in [1.807, 2.05) is 6.07 Å². The molecule has 23 heavy (non-hydrogen) atoms. The Hall–Kier alpha value is -1.81. The smallest absolute Gasteiger partial charge is 0.334 e. The van der Waals surface area contributed by atoms with Crippen LogP contribution in [-0.4, -0.2) is 54.6 Å². The summed E-state index contributed by atoms with van der Waals surface area (Å²) < 4.78 is 31.7. The van der Waals surface area contributed by atoms with Crippen LogP contribution in [0.1, 0.15) is 0 Å². The zero-order chi connectivity index (χ0) is 16.4. The molecule has 1 aliphatic heterocycles. The van der Waals surface area contributed by atoms with Gasteiger partial charge >= 0.3 is 5.97 Å². The van der Waals surface area contributed by atoms with Gasteiger partial charge in [-0.05, 0) is 24.3 Å². The number of aliphatic carboxylic acids is 1. The number of rotatable bonds is 4. The van der Waals surface area contributed by atoms with Gasteiger partial charge in [0.25, 0.3) is 10.0 Å². The Morgan fingerprint density at radius 3 is 2.87 bits per heavy atom. The number of hydrogen-bond donors (Lipinski definition) is 1. The Labute approximate surface area is 137 Å². The van der Waals surface area contributed by atoms with Crippen LogP contribution in [0, 0.1) is 0 Å².